The minimum atomic E-state index is -0.657. The van der Waals surface area contributed by atoms with Crippen LogP contribution in [0.5, 0.6) is 0 Å². The Hall–Kier alpha value is -1.57. The standard InChI is InChI=1S/C17H25N3O2/c18-12-17(8-5-9-17)19-16(22)13-10-15(21)20(11-13)14-6-3-1-2-4-7-14/h13-14H,1-11H2,(H,19,22)/t13-/m0/s1. The van der Waals surface area contributed by atoms with Crippen LogP contribution in [0.2, 0.25) is 0 Å². The number of nitrogens with one attached hydrogen (secondary N) is 1. The highest BCUT2D eigenvalue weighted by Crippen LogP contribution is 2.33. The molecule has 5 nitrogen and oxygen atoms in total. The molecular formula is C17H25N3O2. The summed E-state index contributed by atoms with van der Waals surface area (Å²) in [5, 5.41) is 12.1. The second kappa shape index (κ2) is 6.28. The van der Waals surface area contributed by atoms with Gasteiger partial charge in [-0.3, -0.25) is 9.59 Å². The van der Waals surface area contributed by atoms with Crippen molar-refractivity contribution in [3.8, 4) is 6.07 Å². The molecule has 1 atom stereocenters. The van der Waals surface area contributed by atoms with Crippen molar-refractivity contribution in [3.05, 3.63) is 0 Å². The quantitative estimate of drug-likeness (QED) is 0.812. The summed E-state index contributed by atoms with van der Waals surface area (Å²) in [5.74, 6) is -0.265. The monoisotopic (exact) mass is 303 g/mol. The molecule has 22 heavy (non-hydrogen) atoms. The predicted octanol–water partition coefficient (Wildman–Crippen LogP) is 2.12. The molecule has 2 saturated carbocycles. The fourth-order valence-electron chi connectivity index (χ4n) is 3.96. The molecule has 2 amide bonds. The van der Waals surface area contributed by atoms with Gasteiger partial charge in [0.1, 0.15) is 5.54 Å². The summed E-state index contributed by atoms with van der Waals surface area (Å²) in [7, 11) is 0. The van der Waals surface area contributed by atoms with E-state index in [0.29, 0.717) is 19.0 Å². The van der Waals surface area contributed by atoms with Crippen molar-refractivity contribution >= 4 is 11.8 Å². The van der Waals surface area contributed by atoms with Crippen LogP contribution in [0.25, 0.3) is 0 Å². The number of amides is 2. The number of carbonyl (C=O) groups is 2. The molecule has 0 radical (unpaired) electrons. The first-order chi connectivity index (χ1) is 10.6. The van der Waals surface area contributed by atoms with Crippen LogP contribution in [-0.4, -0.2) is 34.8 Å². The van der Waals surface area contributed by atoms with E-state index in [1.807, 2.05) is 4.90 Å². The molecule has 0 aromatic carbocycles. The minimum Gasteiger partial charge on any atom is -0.339 e. The number of rotatable bonds is 3. The van der Waals surface area contributed by atoms with Gasteiger partial charge in [0.05, 0.1) is 12.0 Å². The summed E-state index contributed by atoms with van der Waals surface area (Å²) in [6.45, 7) is 0.539. The van der Waals surface area contributed by atoms with Crippen LogP contribution in [0.1, 0.15) is 64.2 Å². The average molecular weight is 303 g/mol. The Kier molecular flexibility index (Phi) is 4.37. The van der Waals surface area contributed by atoms with E-state index in [9.17, 15) is 14.9 Å². The summed E-state index contributed by atoms with van der Waals surface area (Å²) in [6, 6.07) is 2.55. The highest BCUT2D eigenvalue weighted by Gasteiger charge is 2.43. The molecule has 0 spiro atoms. The Balaban J connectivity index is 1.59. The van der Waals surface area contributed by atoms with Gasteiger partial charge in [-0.1, -0.05) is 25.7 Å². The van der Waals surface area contributed by atoms with Crippen LogP contribution in [0.3, 0.4) is 0 Å². The van der Waals surface area contributed by atoms with E-state index in [-0.39, 0.29) is 17.7 Å². The van der Waals surface area contributed by atoms with Gasteiger partial charge in [-0.2, -0.15) is 5.26 Å². The number of hydrogen-bond donors (Lipinski definition) is 1. The van der Waals surface area contributed by atoms with E-state index >= 15 is 0 Å². The fourth-order valence-corrected chi connectivity index (χ4v) is 3.96. The van der Waals surface area contributed by atoms with Crippen LogP contribution in [0.4, 0.5) is 0 Å². The number of likely N-dealkylation sites (tertiary alicyclic amines) is 1. The Morgan fingerprint density at radius 1 is 1.18 bits per heavy atom. The lowest BCUT2D eigenvalue weighted by Crippen LogP contribution is -2.54. The zero-order valence-corrected chi connectivity index (χ0v) is 13.1. The Labute approximate surface area is 132 Å². The van der Waals surface area contributed by atoms with E-state index in [4.69, 9.17) is 0 Å². The molecule has 3 aliphatic rings. The average Bonchev–Trinajstić information content (AvgIpc) is 2.70. The molecule has 120 valence electrons. The number of nitrogens with zero attached hydrogens (tertiary/aromatic N) is 2. The maximum Gasteiger partial charge on any atom is 0.226 e. The van der Waals surface area contributed by atoms with Crippen molar-refractivity contribution in [1.82, 2.24) is 10.2 Å². The summed E-state index contributed by atoms with van der Waals surface area (Å²) < 4.78 is 0. The molecule has 0 aromatic heterocycles. The van der Waals surface area contributed by atoms with Crippen molar-refractivity contribution in [2.24, 2.45) is 5.92 Å². The van der Waals surface area contributed by atoms with Gasteiger partial charge in [-0.15, -0.1) is 0 Å². The molecule has 0 unspecified atom stereocenters. The van der Waals surface area contributed by atoms with Crippen molar-refractivity contribution in [2.75, 3.05) is 6.54 Å². The van der Waals surface area contributed by atoms with E-state index < -0.39 is 5.54 Å². The first-order valence-corrected chi connectivity index (χ1v) is 8.66. The third-order valence-electron chi connectivity index (χ3n) is 5.58. The molecule has 3 fully saturated rings. The van der Waals surface area contributed by atoms with Crippen molar-refractivity contribution < 1.29 is 9.59 Å². The first kappa shape index (κ1) is 15.3. The highest BCUT2D eigenvalue weighted by atomic mass is 16.2. The summed E-state index contributed by atoms with van der Waals surface area (Å²) in [5.41, 5.74) is -0.657. The van der Waals surface area contributed by atoms with Gasteiger partial charge < -0.3 is 10.2 Å². The van der Waals surface area contributed by atoms with Gasteiger partial charge in [-0.25, -0.2) is 0 Å². The Morgan fingerprint density at radius 3 is 2.41 bits per heavy atom. The van der Waals surface area contributed by atoms with Gasteiger partial charge in [0, 0.05) is 19.0 Å². The number of hydrogen-bond acceptors (Lipinski definition) is 3. The van der Waals surface area contributed by atoms with E-state index in [1.54, 1.807) is 0 Å². The summed E-state index contributed by atoms with van der Waals surface area (Å²) in [4.78, 5) is 26.7. The van der Waals surface area contributed by atoms with Gasteiger partial charge in [0.2, 0.25) is 11.8 Å². The smallest absolute Gasteiger partial charge is 0.226 e. The molecule has 1 aliphatic heterocycles. The molecule has 0 bridgehead atoms. The number of carbonyl (C=O) groups excluding carboxylic acids is 2. The van der Waals surface area contributed by atoms with Gasteiger partial charge in [0.25, 0.3) is 0 Å². The molecule has 5 heteroatoms. The first-order valence-electron chi connectivity index (χ1n) is 8.66. The summed E-state index contributed by atoms with van der Waals surface area (Å²) >= 11 is 0. The van der Waals surface area contributed by atoms with Gasteiger partial charge in [-0.05, 0) is 32.1 Å². The second-order valence-electron chi connectivity index (χ2n) is 7.13. The third-order valence-corrected chi connectivity index (χ3v) is 5.58. The third kappa shape index (κ3) is 2.97. The van der Waals surface area contributed by atoms with E-state index in [1.165, 1.54) is 25.7 Å². The zero-order valence-electron chi connectivity index (χ0n) is 13.1. The molecule has 1 N–H and O–H groups in total. The lowest BCUT2D eigenvalue weighted by atomic mass is 9.77. The lowest BCUT2D eigenvalue weighted by Gasteiger charge is -2.36. The molecule has 3 rings (SSSR count). The summed E-state index contributed by atoms with van der Waals surface area (Å²) in [6.07, 6.45) is 9.80. The number of nitriles is 1. The predicted molar refractivity (Wildman–Crippen MR) is 81.6 cm³/mol. The molecule has 1 saturated heterocycles. The Bertz CT molecular complexity index is 485. The normalized spacial score (nSPS) is 28.6. The molecule has 1 heterocycles. The van der Waals surface area contributed by atoms with Gasteiger partial charge in [0.15, 0.2) is 0 Å². The zero-order chi connectivity index (χ0) is 15.6. The van der Waals surface area contributed by atoms with E-state index in [2.05, 4.69) is 11.4 Å². The van der Waals surface area contributed by atoms with Crippen molar-refractivity contribution in [1.29, 1.82) is 5.26 Å². The van der Waals surface area contributed by atoms with Crippen molar-refractivity contribution in [3.63, 3.8) is 0 Å². The van der Waals surface area contributed by atoms with Crippen LogP contribution >= 0.6 is 0 Å². The molecule has 2 aliphatic carbocycles. The second-order valence-corrected chi connectivity index (χ2v) is 7.13. The van der Waals surface area contributed by atoms with E-state index in [0.717, 1.165) is 32.1 Å². The SMILES string of the molecule is N#CC1(NC(=O)[C@H]2CC(=O)N(C3CCCCCC3)C2)CCC1. The fraction of sp³-hybridized carbons (Fsp3) is 0.824. The van der Waals surface area contributed by atoms with Gasteiger partial charge >= 0.3 is 0 Å². The maximum absolute atomic E-state index is 12.4. The topological polar surface area (TPSA) is 73.2 Å². The van der Waals surface area contributed by atoms with Crippen molar-refractivity contribution in [2.45, 2.75) is 75.8 Å². The van der Waals surface area contributed by atoms with Crippen LogP contribution in [0.15, 0.2) is 0 Å². The minimum absolute atomic E-state index is 0.106. The molecular weight excluding hydrogens is 278 g/mol. The largest absolute Gasteiger partial charge is 0.339 e. The van der Waals surface area contributed by atoms with Crippen LogP contribution < -0.4 is 5.32 Å². The molecule has 0 aromatic rings. The maximum atomic E-state index is 12.4. The lowest BCUT2D eigenvalue weighted by molar-refractivity contribution is -0.130. The Morgan fingerprint density at radius 2 is 1.86 bits per heavy atom. The van der Waals surface area contributed by atoms with Crippen LogP contribution in [-0.2, 0) is 9.59 Å². The van der Waals surface area contributed by atoms with Crippen LogP contribution in [0, 0.1) is 17.2 Å². The highest BCUT2D eigenvalue weighted by molar-refractivity contribution is 5.90.